The van der Waals surface area contributed by atoms with Crippen molar-refractivity contribution in [3.63, 3.8) is 0 Å². The summed E-state index contributed by atoms with van der Waals surface area (Å²) in [6.45, 7) is 0. The Balaban J connectivity index is 1.72. The van der Waals surface area contributed by atoms with Crippen LogP contribution in [0.15, 0.2) is 58.1 Å². The van der Waals surface area contributed by atoms with E-state index in [0.29, 0.717) is 0 Å². The molecule has 2 aromatic carbocycles. The second-order valence-electron chi connectivity index (χ2n) is 5.53. The number of anilines is 1. The predicted octanol–water partition coefficient (Wildman–Crippen LogP) is 5.41. The number of benzene rings is 2. The Morgan fingerprint density at radius 3 is 2.91 bits per heavy atom. The van der Waals surface area contributed by atoms with Crippen molar-refractivity contribution >= 4 is 44.0 Å². The van der Waals surface area contributed by atoms with Gasteiger partial charge in [0.1, 0.15) is 5.84 Å². The molecule has 4 rings (SSSR count). The number of fused-ring (bicyclic) bond motifs is 2. The van der Waals surface area contributed by atoms with Gasteiger partial charge in [-0.2, -0.15) is 0 Å². The van der Waals surface area contributed by atoms with Gasteiger partial charge in [0, 0.05) is 28.0 Å². The van der Waals surface area contributed by atoms with Crippen molar-refractivity contribution in [1.82, 2.24) is 4.98 Å². The number of rotatable bonds is 1. The van der Waals surface area contributed by atoms with E-state index in [1.165, 1.54) is 10.9 Å². The summed E-state index contributed by atoms with van der Waals surface area (Å²) in [6, 6.07) is 14.6. The zero-order valence-corrected chi connectivity index (χ0v) is 13.7. The lowest BCUT2D eigenvalue weighted by Gasteiger charge is -2.08. The molecule has 3 nitrogen and oxygen atoms in total. The molecule has 0 atom stereocenters. The predicted molar refractivity (Wildman–Crippen MR) is 96.1 cm³/mol. The highest BCUT2D eigenvalue weighted by molar-refractivity contribution is 9.10. The number of halogens is 1. The van der Waals surface area contributed by atoms with Gasteiger partial charge in [0.25, 0.3) is 0 Å². The number of aryl methyl sites for hydroxylation is 1. The Morgan fingerprint density at radius 2 is 1.95 bits per heavy atom. The number of hydrogen-bond donors (Lipinski definition) is 2. The lowest BCUT2D eigenvalue weighted by atomic mass is 10.1. The SMILES string of the molecule is Brc1cccc2[nH]cc(NC3=Nc4ccccc4CCC3)c12. The molecule has 4 heteroatoms. The molecule has 0 unspecified atom stereocenters. The second kappa shape index (κ2) is 5.61. The Morgan fingerprint density at radius 1 is 1.05 bits per heavy atom. The van der Waals surface area contributed by atoms with Crippen molar-refractivity contribution in [2.45, 2.75) is 19.3 Å². The third-order valence-electron chi connectivity index (χ3n) is 4.04. The first-order valence-corrected chi connectivity index (χ1v) is 8.29. The summed E-state index contributed by atoms with van der Waals surface area (Å²) in [7, 11) is 0. The molecule has 0 aliphatic carbocycles. The quantitative estimate of drug-likeness (QED) is 0.603. The number of aromatic amines is 1. The minimum atomic E-state index is 0.964. The van der Waals surface area contributed by atoms with E-state index in [-0.39, 0.29) is 0 Å². The van der Waals surface area contributed by atoms with Gasteiger partial charge in [-0.15, -0.1) is 0 Å². The van der Waals surface area contributed by atoms with Crippen LogP contribution in [-0.2, 0) is 6.42 Å². The molecule has 110 valence electrons. The van der Waals surface area contributed by atoms with Gasteiger partial charge >= 0.3 is 0 Å². The van der Waals surface area contributed by atoms with E-state index in [1.54, 1.807) is 0 Å². The van der Waals surface area contributed by atoms with Gasteiger partial charge < -0.3 is 10.3 Å². The molecule has 0 amide bonds. The zero-order chi connectivity index (χ0) is 14.9. The first-order chi connectivity index (χ1) is 10.8. The lowest BCUT2D eigenvalue weighted by Crippen LogP contribution is -2.10. The van der Waals surface area contributed by atoms with E-state index in [9.17, 15) is 0 Å². The topological polar surface area (TPSA) is 40.2 Å². The van der Waals surface area contributed by atoms with Crippen molar-refractivity contribution in [2.24, 2.45) is 4.99 Å². The van der Waals surface area contributed by atoms with E-state index in [4.69, 9.17) is 4.99 Å². The number of aromatic nitrogens is 1. The molecule has 3 aromatic rings. The van der Waals surface area contributed by atoms with Gasteiger partial charge in [-0.1, -0.05) is 40.2 Å². The first kappa shape index (κ1) is 13.6. The highest BCUT2D eigenvalue weighted by Crippen LogP contribution is 2.32. The van der Waals surface area contributed by atoms with Gasteiger partial charge in [-0.25, -0.2) is 4.99 Å². The van der Waals surface area contributed by atoms with Crippen LogP contribution in [0.1, 0.15) is 18.4 Å². The van der Waals surface area contributed by atoms with Crippen molar-refractivity contribution in [1.29, 1.82) is 0 Å². The molecule has 2 heterocycles. The monoisotopic (exact) mass is 353 g/mol. The summed E-state index contributed by atoms with van der Waals surface area (Å²) in [6.07, 6.45) is 5.18. The number of H-pyrrole nitrogens is 1. The van der Waals surface area contributed by atoms with Gasteiger partial charge in [0.05, 0.1) is 11.4 Å². The van der Waals surface area contributed by atoms with Gasteiger partial charge in [-0.3, -0.25) is 0 Å². The van der Waals surface area contributed by atoms with Gasteiger partial charge in [0.15, 0.2) is 0 Å². The van der Waals surface area contributed by atoms with Crippen LogP contribution in [-0.4, -0.2) is 10.8 Å². The van der Waals surface area contributed by atoms with Crippen LogP contribution in [0.4, 0.5) is 11.4 Å². The van der Waals surface area contributed by atoms with Crippen molar-refractivity contribution in [2.75, 3.05) is 5.32 Å². The van der Waals surface area contributed by atoms with E-state index in [1.807, 2.05) is 18.3 Å². The second-order valence-corrected chi connectivity index (χ2v) is 6.38. The van der Waals surface area contributed by atoms with Crippen LogP contribution >= 0.6 is 15.9 Å². The number of hydrogen-bond acceptors (Lipinski definition) is 2. The van der Waals surface area contributed by atoms with Crippen molar-refractivity contribution in [3.8, 4) is 0 Å². The molecule has 0 saturated carbocycles. The Labute approximate surface area is 137 Å². The van der Waals surface area contributed by atoms with Gasteiger partial charge in [-0.05, 0) is 36.6 Å². The van der Waals surface area contributed by atoms with E-state index >= 15 is 0 Å². The number of para-hydroxylation sites is 1. The Bertz CT molecular complexity index is 864. The van der Waals surface area contributed by atoms with Crippen LogP contribution < -0.4 is 5.32 Å². The largest absolute Gasteiger partial charge is 0.359 e. The molecule has 0 saturated heterocycles. The molecule has 0 fully saturated rings. The molecule has 1 aliphatic rings. The molecule has 0 radical (unpaired) electrons. The molecular weight excluding hydrogens is 338 g/mol. The number of amidine groups is 1. The molecule has 1 aliphatic heterocycles. The first-order valence-electron chi connectivity index (χ1n) is 7.49. The number of nitrogens with one attached hydrogen (secondary N) is 2. The average molecular weight is 354 g/mol. The summed E-state index contributed by atoms with van der Waals surface area (Å²) in [5.74, 6) is 1.03. The zero-order valence-electron chi connectivity index (χ0n) is 12.1. The summed E-state index contributed by atoms with van der Waals surface area (Å²) < 4.78 is 1.09. The minimum Gasteiger partial charge on any atom is -0.359 e. The standard InChI is InChI=1S/C18H16BrN3/c19-13-7-4-9-15-18(13)16(11-20-15)22-17-10-3-6-12-5-1-2-8-14(12)21-17/h1-2,4-5,7-9,11,20H,3,6,10H2,(H,21,22). The molecule has 0 bridgehead atoms. The molecule has 1 aromatic heterocycles. The molecule has 2 N–H and O–H groups in total. The average Bonchev–Trinajstić information content (AvgIpc) is 2.82. The maximum Gasteiger partial charge on any atom is 0.107 e. The number of aliphatic imine (C=N–C) groups is 1. The third-order valence-corrected chi connectivity index (χ3v) is 4.70. The minimum absolute atomic E-state index is 0.964. The Hall–Kier alpha value is -2.07. The van der Waals surface area contributed by atoms with Crippen LogP contribution in [0, 0.1) is 0 Å². The highest BCUT2D eigenvalue weighted by Gasteiger charge is 2.12. The summed E-state index contributed by atoms with van der Waals surface area (Å²) >= 11 is 3.63. The van der Waals surface area contributed by atoms with Crippen LogP contribution in [0.5, 0.6) is 0 Å². The normalized spacial score (nSPS) is 14.3. The smallest absolute Gasteiger partial charge is 0.107 e. The third kappa shape index (κ3) is 2.44. The van der Waals surface area contributed by atoms with E-state index < -0.39 is 0 Å². The lowest BCUT2D eigenvalue weighted by molar-refractivity contribution is 0.877. The Kier molecular flexibility index (Phi) is 3.47. The summed E-state index contributed by atoms with van der Waals surface area (Å²) in [4.78, 5) is 8.13. The fourth-order valence-electron chi connectivity index (χ4n) is 2.96. The van der Waals surface area contributed by atoms with Crippen molar-refractivity contribution < 1.29 is 0 Å². The van der Waals surface area contributed by atoms with Crippen LogP contribution in [0.2, 0.25) is 0 Å². The summed E-state index contributed by atoms with van der Waals surface area (Å²) in [5.41, 5.74) is 4.60. The molecule has 0 spiro atoms. The van der Waals surface area contributed by atoms with E-state index in [2.05, 4.69) is 56.6 Å². The van der Waals surface area contributed by atoms with Crippen LogP contribution in [0.25, 0.3) is 10.9 Å². The van der Waals surface area contributed by atoms with E-state index in [0.717, 1.165) is 46.5 Å². The maximum absolute atomic E-state index is 4.83. The fourth-order valence-corrected chi connectivity index (χ4v) is 3.54. The highest BCUT2D eigenvalue weighted by atomic mass is 79.9. The summed E-state index contributed by atoms with van der Waals surface area (Å²) in [5, 5.41) is 4.68. The molecule has 22 heavy (non-hydrogen) atoms. The fraction of sp³-hybridized carbons (Fsp3) is 0.167. The van der Waals surface area contributed by atoms with Gasteiger partial charge in [0.2, 0.25) is 0 Å². The maximum atomic E-state index is 4.83. The van der Waals surface area contributed by atoms with Crippen molar-refractivity contribution in [3.05, 3.63) is 58.7 Å². The van der Waals surface area contributed by atoms with Crippen LogP contribution in [0.3, 0.4) is 0 Å². The number of nitrogens with zero attached hydrogens (tertiary/aromatic N) is 1. The molecular formula is C18H16BrN3.